The Labute approximate surface area is 191 Å². The summed E-state index contributed by atoms with van der Waals surface area (Å²) in [6, 6.07) is 17.2. The van der Waals surface area contributed by atoms with Gasteiger partial charge in [-0.05, 0) is 74.4 Å². The van der Waals surface area contributed by atoms with Crippen molar-refractivity contribution >= 4 is 40.0 Å². The molecular weight excluding hydrogens is 422 g/mol. The second kappa shape index (κ2) is 8.76. The van der Waals surface area contributed by atoms with Crippen molar-refractivity contribution in [3.05, 3.63) is 76.9 Å². The molecule has 2 N–H and O–H groups in total. The summed E-state index contributed by atoms with van der Waals surface area (Å²) in [7, 11) is 1.54. The fourth-order valence-corrected chi connectivity index (χ4v) is 3.63. The van der Waals surface area contributed by atoms with E-state index in [-0.39, 0.29) is 11.0 Å². The molecule has 4 rings (SSSR count). The van der Waals surface area contributed by atoms with Crippen LogP contribution in [0.25, 0.3) is 16.7 Å². The molecule has 0 aliphatic rings. The zero-order valence-electron chi connectivity index (χ0n) is 18.3. The Morgan fingerprint density at radius 2 is 1.66 bits per heavy atom. The van der Waals surface area contributed by atoms with E-state index in [4.69, 9.17) is 17.0 Å². The third-order valence-corrected chi connectivity index (χ3v) is 5.33. The number of nitrogens with one attached hydrogen (secondary N) is 2. The Kier molecular flexibility index (Phi) is 5.87. The second-order valence-corrected chi connectivity index (χ2v) is 7.95. The smallest absolute Gasteiger partial charge is 0.261 e. The fraction of sp³-hybridized carbons (Fsp3) is 0.167. The van der Waals surface area contributed by atoms with E-state index in [2.05, 4.69) is 20.8 Å². The van der Waals surface area contributed by atoms with Crippen molar-refractivity contribution in [1.29, 1.82) is 0 Å². The van der Waals surface area contributed by atoms with Crippen LogP contribution in [0.1, 0.15) is 27.0 Å². The van der Waals surface area contributed by atoms with Gasteiger partial charge in [-0.1, -0.05) is 29.8 Å². The van der Waals surface area contributed by atoms with Crippen LogP contribution in [0.2, 0.25) is 0 Å². The number of aromatic nitrogens is 3. The zero-order valence-corrected chi connectivity index (χ0v) is 19.1. The van der Waals surface area contributed by atoms with E-state index >= 15 is 0 Å². The molecule has 0 spiro atoms. The highest BCUT2D eigenvalue weighted by molar-refractivity contribution is 7.80. The van der Waals surface area contributed by atoms with Crippen LogP contribution in [-0.4, -0.2) is 33.1 Å². The quantitative estimate of drug-likeness (QED) is 0.451. The highest BCUT2D eigenvalue weighted by atomic mass is 32.1. The van der Waals surface area contributed by atoms with Crippen molar-refractivity contribution in [3.63, 3.8) is 0 Å². The average Bonchev–Trinajstić information content (AvgIpc) is 3.16. The number of methoxy groups -OCH3 is 1. The van der Waals surface area contributed by atoms with Gasteiger partial charge in [0, 0.05) is 5.69 Å². The summed E-state index contributed by atoms with van der Waals surface area (Å²) in [5.74, 6) is 0.185. The van der Waals surface area contributed by atoms with Gasteiger partial charge < -0.3 is 10.1 Å². The van der Waals surface area contributed by atoms with Crippen LogP contribution in [0.3, 0.4) is 0 Å². The number of ether oxygens (including phenoxy) is 1. The standard InChI is InChI=1S/C24H23N5O2S/c1-14-8-10-17(11-9-14)29-27-20-12-16(3)19(13-21(20)28-29)25-24(32)26-23(30)18-7-5-6-15(2)22(18)31-4/h5-13H,1-4H3,(H2,25,26,30,32). The molecule has 8 heteroatoms. The minimum atomic E-state index is -0.341. The van der Waals surface area contributed by atoms with Crippen LogP contribution in [0.5, 0.6) is 5.75 Å². The second-order valence-electron chi connectivity index (χ2n) is 7.54. The normalized spacial score (nSPS) is 10.8. The molecule has 0 aliphatic heterocycles. The minimum Gasteiger partial charge on any atom is -0.496 e. The summed E-state index contributed by atoms with van der Waals surface area (Å²) in [5.41, 5.74) is 6.51. The number of nitrogens with zero attached hydrogens (tertiary/aromatic N) is 3. The molecule has 32 heavy (non-hydrogen) atoms. The van der Waals surface area contributed by atoms with E-state index in [1.165, 1.54) is 12.7 Å². The van der Waals surface area contributed by atoms with E-state index in [0.717, 1.165) is 28.0 Å². The monoisotopic (exact) mass is 445 g/mol. The molecule has 0 saturated carbocycles. The van der Waals surface area contributed by atoms with Gasteiger partial charge in [0.05, 0.1) is 18.4 Å². The van der Waals surface area contributed by atoms with Crippen LogP contribution >= 0.6 is 12.2 Å². The molecule has 162 valence electrons. The molecule has 0 fully saturated rings. The number of carbonyl (C=O) groups excluding carboxylic acids is 1. The number of anilines is 1. The largest absolute Gasteiger partial charge is 0.496 e. The lowest BCUT2D eigenvalue weighted by atomic mass is 10.1. The number of benzene rings is 3. The van der Waals surface area contributed by atoms with Gasteiger partial charge in [-0.3, -0.25) is 10.1 Å². The number of amides is 1. The van der Waals surface area contributed by atoms with Crippen LogP contribution < -0.4 is 15.4 Å². The number of hydrogen-bond donors (Lipinski definition) is 2. The predicted molar refractivity (Wildman–Crippen MR) is 130 cm³/mol. The third-order valence-electron chi connectivity index (χ3n) is 5.13. The summed E-state index contributed by atoms with van der Waals surface area (Å²) >= 11 is 5.38. The van der Waals surface area contributed by atoms with Crippen molar-refractivity contribution in [1.82, 2.24) is 20.3 Å². The van der Waals surface area contributed by atoms with Gasteiger partial charge in [-0.2, -0.15) is 4.80 Å². The number of fused-ring (bicyclic) bond motifs is 1. The van der Waals surface area contributed by atoms with Crippen molar-refractivity contribution < 1.29 is 9.53 Å². The van der Waals surface area contributed by atoms with Crippen LogP contribution in [-0.2, 0) is 0 Å². The Hall–Kier alpha value is -3.78. The zero-order chi connectivity index (χ0) is 22.8. The Bertz CT molecular complexity index is 1330. The summed E-state index contributed by atoms with van der Waals surface area (Å²) in [4.78, 5) is 14.3. The van der Waals surface area contributed by atoms with Gasteiger partial charge in [-0.25, -0.2) is 0 Å². The molecule has 0 radical (unpaired) electrons. The van der Waals surface area contributed by atoms with Crippen molar-refractivity contribution in [2.24, 2.45) is 0 Å². The van der Waals surface area contributed by atoms with Crippen LogP contribution in [0.15, 0.2) is 54.6 Å². The highest BCUT2D eigenvalue weighted by Gasteiger charge is 2.16. The highest BCUT2D eigenvalue weighted by Crippen LogP contribution is 2.24. The molecular formula is C24H23N5O2S. The maximum atomic E-state index is 12.7. The maximum Gasteiger partial charge on any atom is 0.261 e. The lowest BCUT2D eigenvalue weighted by Crippen LogP contribution is -2.34. The number of hydrogen-bond acceptors (Lipinski definition) is 5. The third kappa shape index (κ3) is 4.31. The number of aryl methyl sites for hydroxylation is 3. The van der Waals surface area contributed by atoms with Gasteiger partial charge in [0.15, 0.2) is 5.11 Å². The molecule has 0 bridgehead atoms. The first-order chi connectivity index (χ1) is 15.4. The molecule has 1 amide bonds. The Balaban J connectivity index is 1.54. The predicted octanol–water partition coefficient (Wildman–Crippen LogP) is 4.48. The number of carbonyl (C=O) groups is 1. The summed E-state index contributed by atoms with van der Waals surface area (Å²) < 4.78 is 5.37. The fourth-order valence-electron chi connectivity index (χ4n) is 3.42. The van der Waals surface area contributed by atoms with E-state index < -0.39 is 0 Å². The van der Waals surface area contributed by atoms with E-state index in [9.17, 15) is 4.79 Å². The molecule has 7 nitrogen and oxygen atoms in total. The first-order valence-electron chi connectivity index (χ1n) is 10.1. The Morgan fingerprint density at radius 1 is 0.969 bits per heavy atom. The minimum absolute atomic E-state index is 0.187. The van der Waals surface area contributed by atoms with E-state index in [0.29, 0.717) is 16.8 Å². The van der Waals surface area contributed by atoms with Gasteiger partial charge in [-0.15, -0.1) is 10.2 Å². The number of para-hydroxylation sites is 1. The van der Waals surface area contributed by atoms with Crippen LogP contribution in [0.4, 0.5) is 5.69 Å². The molecule has 0 atom stereocenters. The molecule has 4 aromatic rings. The SMILES string of the molecule is COc1c(C)cccc1C(=O)NC(=S)Nc1cc2nn(-c3ccc(C)cc3)nc2cc1C. The van der Waals surface area contributed by atoms with Gasteiger partial charge in [0.25, 0.3) is 5.91 Å². The molecule has 0 aliphatic carbocycles. The first-order valence-corrected chi connectivity index (χ1v) is 10.5. The van der Waals surface area contributed by atoms with Gasteiger partial charge in [0.1, 0.15) is 16.8 Å². The maximum absolute atomic E-state index is 12.7. The lowest BCUT2D eigenvalue weighted by Gasteiger charge is -2.14. The van der Waals surface area contributed by atoms with Crippen molar-refractivity contribution in [2.45, 2.75) is 20.8 Å². The molecule has 0 saturated heterocycles. The first kappa shape index (κ1) is 21.5. The van der Waals surface area contributed by atoms with Gasteiger partial charge in [0.2, 0.25) is 0 Å². The van der Waals surface area contributed by atoms with Crippen molar-refractivity contribution in [2.75, 3.05) is 12.4 Å². The average molecular weight is 446 g/mol. The number of thiocarbonyl (C=S) groups is 1. The summed E-state index contributed by atoms with van der Waals surface area (Å²) in [5, 5.41) is 15.2. The lowest BCUT2D eigenvalue weighted by molar-refractivity contribution is 0.0974. The van der Waals surface area contributed by atoms with E-state index in [1.807, 2.05) is 63.2 Å². The van der Waals surface area contributed by atoms with E-state index in [1.54, 1.807) is 16.9 Å². The summed E-state index contributed by atoms with van der Waals surface area (Å²) in [6.07, 6.45) is 0. The summed E-state index contributed by atoms with van der Waals surface area (Å²) in [6.45, 7) is 5.87. The molecule has 3 aromatic carbocycles. The van der Waals surface area contributed by atoms with Crippen LogP contribution in [0, 0.1) is 20.8 Å². The molecule has 1 aromatic heterocycles. The Morgan fingerprint density at radius 3 is 2.34 bits per heavy atom. The number of rotatable bonds is 4. The topological polar surface area (TPSA) is 81.1 Å². The molecule has 1 heterocycles. The van der Waals surface area contributed by atoms with Gasteiger partial charge >= 0.3 is 0 Å². The molecule has 0 unspecified atom stereocenters. The van der Waals surface area contributed by atoms with Crippen molar-refractivity contribution in [3.8, 4) is 11.4 Å².